The Morgan fingerprint density at radius 2 is 2.00 bits per heavy atom. The van der Waals surface area contributed by atoms with Gasteiger partial charge < -0.3 is 18.6 Å². The number of hydrogen-bond acceptors (Lipinski definition) is 4. The lowest BCUT2D eigenvalue weighted by Gasteiger charge is -2.23. The van der Waals surface area contributed by atoms with Gasteiger partial charge in [0.25, 0.3) is 5.91 Å². The molecule has 3 rings (SSSR count). The number of likely N-dealkylation sites (tertiary alicyclic amines) is 1. The minimum Gasteiger partial charge on any atom is -0.467 e. The molecular formula is C19H24N2O4. The van der Waals surface area contributed by atoms with E-state index >= 15 is 0 Å². The van der Waals surface area contributed by atoms with Gasteiger partial charge in [0, 0.05) is 26.1 Å². The van der Waals surface area contributed by atoms with E-state index in [2.05, 4.69) is 0 Å². The summed E-state index contributed by atoms with van der Waals surface area (Å²) in [7, 11) is 0. The van der Waals surface area contributed by atoms with Crippen molar-refractivity contribution < 1.29 is 18.4 Å². The molecule has 0 radical (unpaired) electrons. The highest BCUT2D eigenvalue weighted by atomic mass is 16.3. The Kier molecular flexibility index (Phi) is 5.26. The van der Waals surface area contributed by atoms with E-state index in [9.17, 15) is 9.59 Å². The van der Waals surface area contributed by atoms with Gasteiger partial charge >= 0.3 is 0 Å². The fourth-order valence-electron chi connectivity index (χ4n) is 3.21. The van der Waals surface area contributed by atoms with Crippen LogP contribution in [0.3, 0.4) is 0 Å². The van der Waals surface area contributed by atoms with Crippen molar-refractivity contribution in [3.63, 3.8) is 0 Å². The zero-order chi connectivity index (χ0) is 17.8. The van der Waals surface area contributed by atoms with Crippen LogP contribution in [0.25, 0.3) is 0 Å². The quantitative estimate of drug-likeness (QED) is 0.807. The topological polar surface area (TPSA) is 66.9 Å². The highest BCUT2D eigenvalue weighted by Crippen LogP contribution is 2.18. The van der Waals surface area contributed by atoms with E-state index in [0.717, 1.165) is 25.9 Å². The second kappa shape index (κ2) is 7.59. The smallest absolute Gasteiger partial charge is 0.257 e. The first-order valence-electron chi connectivity index (χ1n) is 8.71. The number of rotatable bonds is 6. The molecule has 25 heavy (non-hydrogen) atoms. The maximum absolute atomic E-state index is 12.9. The van der Waals surface area contributed by atoms with Crippen LogP contribution in [0.1, 0.15) is 46.9 Å². The van der Waals surface area contributed by atoms with Crippen LogP contribution in [0.2, 0.25) is 0 Å². The molecule has 2 aromatic heterocycles. The van der Waals surface area contributed by atoms with Crippen molar-refractivity contribution in [2.75, 3.05) is 19.6 Å². The van der Waals surface area contributed by atoms with Gasteiger partial charge in [-0.15, -0.1) is 0 Å². The molecule has 2 amide bonds. The van der Waals surface area contributed by atoms with Crippen molar-refractivity contribution in [1.82, 2.24) is 9.80 Å². The number of carbonyl (C=O) groups is 2. The summed E-state index contributed by atoms with van der Waals surface area (Å²) in [6.45, 7) is 5.94. The third-order valence-corrected chi connectivity index (χ3v) is 4.54. The van der Waals surface area contributed by atoms with E-state index in [-0.39, 0.29) is 11.8 Å². The van der Waals surface area contributed by atoms with E-state index < -0.39 is 0 Å². The first kappa shape index (κ1) is 17.3. The molecule has 0 saturated carbocycles. The molecule has 3 heterocycles. The zero-order valence-electron chi connectivity index (χ0n) is 14.8. The second-order valence-electron chi connectivity index (χ2n) is 6.47. The lowest BCUT2D eigenvalue weighted by atomic mass is 10.2. The van der Waals surface area contributed by atoms with Crippen molar-refractivity contribution in [1.29, 1.82) is 0 Å². The van der Waals surface area contributed by atoms with Crippen LogP contribution in [0.5, 0.6) is 0 Å². The van der Waals surface area contributed by atoms with Crippen LogP contribution in [-0.2, 0) is 11.3 Å². The fourth-order valence-corrected chi connectivity index (χ4v) is 3.21. The summed E-state index contributed by atoms with van der Waals surface area (Å²) in [5, 5.41) is 0. The average molecular weight is 344 g/mol. The van der Waals surface area contributed by atoms with Gasteiger partial charge in [-0.05, 0) is 44.9 Å². The van der Waals surface area contributed by atoms with Gasteiger partial charge in [0.15, 0.2) is 0 Å². The number of hydrogen-bond donors (Lipinski definition) is 0. The molecule has 6 heteroatoms. The van der Waals surface area contributed by atoms with Crippen LogP contribution in [0.4, 0.5) is 0 Å². The Bertz CT molecular complexity index is 727. The van der Waals surface area contributed by atoms with Gasteiger partial charge in [-0.1, -0.05) is 0 Å². The lowest BCUT2D eigenvalue weighted by Crippen LogP contribution is -2.36. The molecule has 0 unspecified atom stereocenters. The summed E-state index contributed by atoms with van der Waals surface area (Å²) in [4.78, 5) is 28.8. The van der Waals surface area contributed by atoms with E-state index in [1.165, 1.54) is 0 Å². The molecule has 1 fully saturated rings. The number of aryl methyl sites for hydroxylation is 2. The van der Waals surface area contributed by atoms with Crippen molar-refractivity contribution in [2.45, 2.75) is 39.7 Å². The van der Waals surface area contributed by atoms with Crippen molar-refractivity contribution in [2.24, 2.45) is 0 Å². The van der Waals surface area contributed by atoms with Gasteiger partial charge in [-0.2, -0.15) is 0 Å². The molecule has 0 atom stereocenters. The van der Waals surface area contributed by atoms with E-state index in [1.54, 1.807) is 30.2 Å². The molecule has 0 aliphatic carbocycles. The normalized spacial score (nSPS) is 14.1. The van der Waals surface area contributed by atoms with Gasteiger partial charge in [-0.3, -0.25) is 9.59 Å². The third kappa shape index (κ3) is 4.13. The summed E-state index contributed by atoms with van der Waals surface area (Å²) in [5.74, 6) is 1.96. The molecule has 0 spiro atoms. The number of nitrogens with zero attached hydrogens (tertiary/aromatic N) is 2. The highest BCUT2D eigenvalue weighted by Gasteiger charge is 2.24. The number of amides is 2. The summed E-state index contributed by atoms with van der Waals surface area (Å²) in [5.41, 5.74) is 0.540. The standard InChI is InChI=1S/C19H24N2O4/c1-14-12-17(15(2)25-14)19(23)21(13-16-6-5-11-24-16)10-7-18(22)20-8-3-4-9-20/h5-6,11-12H,3-4,7-10,13H2,1-2H3. The Labute approximate surface area is 147 Å². The highest BCUT2D eigenvalue weighted by molar-refractivity contribution is 5.95. The zero-order valence-corrected chi connectivity index (χ0v) is 14.8. The Hall–Kier alpha value is -2.50. The molecule has 134 valence electrons. The molecule has 0 aromatic carbocycles. The summed E-state index contributed by atoms with van der Waals surface area (Å²) < 4.78 is 10.9. The summed E-state index contributed by atoms with van der Waals surface area (Å²) in [6, 6.07) is 5.37. The molecule has 0 bridgehead atoms. The molecule has 1 aliphatic rings. The van der Waals surface area contributed by atoms with E-state index in [4.69, 9.17) is 8.83 Å². The maximum atomic E-state index is 12.9. The predicted octanol–water partition coefficient (Wildman–Crippen LogP) is 3.14. The number of furan rings is 2. The molecule has 0 N–H and O–H groups in total. The third-order valence-electron chi connectivity index (χ3n) is 4.54. The summed E-state index contributed by atoms with van der Waals surface area (Å²) in [6.07, 6.45) is 4.03. The first-order chi connectivity index (χ1) is 12.0. The van der Waals surface area contributed by atoms with Crippen LogP contribution in [0, 0.1) is 13.8 Å². The van der Waals surface area contributed by atoms with Gasteiger partial charge in [0.2, 0.25) is 5.91 Å². The minimum absolute atomic E-state index is 0.106. The monoisotopic (exact) mass is 344 g/mol. The van der Waals surface area contributed by atoms with E-state index in [1.807, 2.05) is 17.9 Å². The second-order valence-corrected chi connectivity index (χ2v) is 6.47. The predicted molar refractivity (Wildman–Crippen MR) is 92.1 cm³/mol. The van der Waals surface area contributed by atoms with Crippen molar-refractivity contribution in [3.05, 3.63) is 47.3 Å². The molecular weight excluding hydrogens is 320 g/mol. The molecule has 6 nitrogen and oxygen atoms in total. The summed E-state index contributed by atoms with van der Waals surface area (Å²) >= 11 is 0. The first-order valence-corrected chi connectivity index (χ1v) is 8.71. The Balaban J connectivity index is 1.71. The largest absolute Gasteiger partial charge is 0.467 e. The van der Waals surface area contributed by atoms with Crippen LogP contribution >= 0.6 is 0 Å². The van der Waals surface area contributed by atoms with Gasteiger partial charge in [-0.25, -0.2) is 0 Å². The lowest BCUT2D eigenvalue weighted by molar-refractivity contribution is -0.130. The minimum atomic E-state index is -0.139. The average Bonchev–Trinajstić information content (AvgIpc) is 3.32. The fraction of sp³-hybridized carbons (Fsp3) is 0.474. The van der Waals surface area contributed by atoms with Crippen LogP contribution in [-0.4, -0.2) is 41.2 Å². The van der Waals surface area contributed by atoms with Crippen molar-refractivity contribution >= 4 is 11.8 Å². The van der Waals surface area contributed by atoms with Crippen molar-refractivity contribution in [3.8, 4) is 0 Å². The Morgan fingerprint density at radius 3 is 2.60 bits per heavy atom. The SMILES string of the molecule is Cc1cc(C(=O)N(CCC(=O)N2CCCC2)Cc2ccco2)c(C)o1. The van der Waals surface area contributed by atoms with E-state index in [0.29, 0.717) is 42.4 Å². The number of carbonyl (C=O) groups excluding carboxylic acids is 2. The maximum Gasteiger partial charge on any atom is 0.257 e. The van der Waals surface area contributed by atoms with Crippen LogP contribution < -0.4 is 0 Å². The van der Waals surface area contributed by atoms with Crippen LogP contribution in [0.15, 0.2) is 33.3 Å². The van der Waals surface area contributed by atoms with Gasteiger partial charge in [0.1, 0.15) is 17.3 Å². The molecule has 1 aliphatic heterocycles. The molecule has 1 saturated heterocycles. The Morgan fingerprint density at radius 1 is 1.24 bits per heavy atom. The van der Waals surface area contributed by atoms with Gasteiger partial charge in [0.05, 0.1) is 18.4 Å². The molecule has 2 aromatic rings.